The summed E-state index contributed by atoms with van der Waals surface area (Å²) in [7, 11) is -1.73. The number of hydrogen-bond donors (Lipinski definition) is 0. The molecule has 1 fully saturated rings. The quantitative estimate of drug-likeness (QED) is 0.0890. The van der Waals surface area contributed by atoms with Gasteiger partial charge in [-0.3, -0.25) is 4.79 Å². The minimum absolute atomic E-state index is 0.0462. The van der Waals surface area contributed by atoms with Gasteiger partial charge in [0.2, 0.25) is 5.79 Å². The monoisotopic (exact) mass is 622 g/mol. The lowest BCUT2D eigenvalue weighted by atomic mass is 9.97. The molecule has 0 aliphatic carbocycles. The third-order valence-corrected chi connectivity index (χ3v) is 13.0. The van der Waals surface area contributed by atoms with E-state index < -0.39 is 14.1 Å². The van der Waals surface area contributed by atoms with E-state index in [0.29, 0.717) is 46.1 Å². The molecule has 0 radical (unpaired) electrons. The zero-order chi connectivity index (χ0) is 31.9. The van der Waals surface area contributed by atoms with Gasteiger partial charge in [-0.1, -0.05) is 105 Å². The van der Waals surface area contributed by atoms with Gasteiger partial charge in [0.05, 0.1) is 39.6 Å². The van der Waals surface area contributed by atoms with Crippen molar-refractivity contribution in [3.8, 4) is 0 Å². The number of benzene rings is 2. The van der Waals surface area contributed by atoms with E-state index in [1.54, 1.807) is 0 Å². The first kappa shape index (κ1) is 36.1. The fourth-order valence-electron chi connectivity index (χ4n) is 4.75. The van der Waals surface area contributed by atoms with Crippen molar-refractivity contribution >= 4 is 14.1 Å². The number of allylic oxidation sites excluding steroid dienone is 2. The highest BCUT2D eigenvalue weighted by atomic mass is 28.4. The molecule has 0 spiro atoms. The van der Waals surface area contributed by atoms with Crippen molar-refractivity contribution in [3.05, 3.63) is 95.6 Å². The summed E-state index contributed by atoms with van der Waals surface area (Å²) in [5.74, 6) is -1.38. The van der Waals surface area contributed by atoms with E-state index in [-0.39, 0.29) is 23.2 Å². The fraction of sp³-hybridized carbons (Fsp3) is 0.541. The van der Waals surface area contributed by atoms with Gasteiger partial charge in [-0.05, 0) is 49.0 Å². The summed E-state index contributed by atoms with van der Waals surface area (Å²) in [6.07, 6.45) is 8.67. The summed E-state index contributed by atoms with van der Waals surface area (Å²) in [5, 5.41) is 0.211. The molecule has 6 nitrogen and oxygen atoms in total. The molecule has 1 aliphatic rings. The molecule has 1 aliphatic heterocycles. The van der Waals surface area contributed by atoms with Gasteiger partial charge in [-0.25, -0.2) is 0 Å². The summed E-state index contributed by atoms with van der Waals surface area (Å²) < 4.78 is 30.5. The minimum Gasteiger partial charge on any atom is -0.417 e. The molecule has 0 unspecified atom stereocenters. The largest absolute Gasteiger partial charge is 0.417 e. The van der Waals surface area contributed by atoms with Crippen LogP contribution in [-0.4, -0.2) is 52.9 Å². The Morgan fingerprint density at radius 3 is 2.09 bits per heavy atom. The summed E-state index contributed by atoms with van der Waals surface area (Å²) in [6.45, 7) is 16.8. The number of rotatable bonds is 19. The van der Waals surface area contributed by atoms with Crippen LogP contribution in [0, 0.1) is 5.92 Å². The maximum Gasteiger partial charge on any atom is 0.229 e. The molecule has 3 rings (SSSR count). The number of carbonyl (C=O) groups is 1. The molecule has 0 N–H and O–H groups in total. The van der Waals surface area contributed by atoms with Crippen molar-refractivity contribution in [2.45, 2.75) is 90.5 Å². The highest BCUT2D eigenvalue weighted by molar-refractivity contribution is 6.74. The molecule has 1 heterocycles. The summed E-state index contributed by atoms with van der Waals surface area (Å²) in [6, 6.07) is 20.1. The average Bonchev–Trinajstić information content (AvgIpc) is 3.48. The van der Waals surface area contributed by atoms with Gasteiger partial charge in [-0.2, -0.15) is 0 Å². The van der Waals surface area contributed by atoms with Crippen LogP contribution in [0.1, 0.15) is 64.5 Å². The van der Waals surface area contributed by atoms with E-state index in [2.05, 4.69) is 46.9 Å². The molecule has 2 aromatic rings. The van der Waals surface area contributed by atoms with Crippen molar-refractivity contribution in [2.24, 2.45) is 5.92 Å². The molecule has 0 saturated carbocycles. The smallest absolute Gasteiger partial charge is 0.229 e. The van der Waals surface area contributed by atoms with E-state index >= 15 is 0 Å². The predicted molar refractivity (Wildman–Crippen MR) is 180 cm³/mol. The van der Waals surface area contributed by atoms with E-state index in [0.717, 1.165) is 36.1 Å². The van der Waals surface area contributed by atoms with Gasteiger partial charge in [0, 0.05) is 25.4 Å². The lowest BCUT2D eigenvalue weighted by Gasteiger charge is -2.36. The lowest BCUT2D eigenvalue weighted by molar-refractivity contribution is -0.206. The number of Topliss-reactive ketones (excluding diaryl/α,β-unsaturated/α-hetero) is 1. The third kappa shape index (κ3) is 12.2. The van der Waals surface area contributed by atoms with Crippen LogP contribution in [0.25, 0.3) is 0 Å². The van der Waals surface area contributed by atoms with Gasteiger partial charge in [0.1, 0.15) is 0 Å². The molecule has 0 bridgehead atoms. The zero-order valence-electron chi connectivity index (χ0n) is 27.8. The Hall–Kier alpha value is -2.39. The first-order valence-corrected chi connectivity index (χ1v) is 18.9. The van der Waals surface area contributed by atoms with Crippen molar-refractivity contribution in [2.75, 3.05) is 33.0 Å². The van der Waals surface area contributed by atoms with E-state index in [4.69, 9.17) is 23.4 Å². The molecule has 0 amide bonds. The maximum absolute atomic E-state index is 13.7. The predicted octanol–water partition coefficient (Wildman–Crippen LogP) is 8.43. The number of carbonyl (C=O) groups excluding carboxylic acids is 1. The van der Waals surface area contributed by atoms with Crippen LogP contribution in [-0.2, 0) is 41.4 Å². The zero-order valence-corrected chi connectivity index (χ0v) is 28.8. The highest BCUT2D eigenvalue weighted by Crippen LogP contribution is 2.36. The lowest BCUT2D eigenvalue weighted by Crippen LogP contribution is -2.42. The van der Waals surface area contributed by atoms with E-state index in [1.807, 2.05) is 72.8 Å². The van der Waals surface area contributed by atoms with Gasteiger partial charge < -0.3 is 23.4 Å². The standard InChI is InChI=1S/C37H54O6Si/c1-31(17-14-25-43-44(5,6)36(2,3)4)16-13-23-41-37(22-15-24-42-37)35(38)26-34(29-39-27-32-18-9-7-10-19-32)30-40-28-33-20-11-8-12-21-33/h7-13,16-21,34H,14-15,22-30H2,1-6H3/b16-13+,31-17+/t37-/m0/s1. The number of hydrogen-bond acceptors (Lipinski definition) is 6. The van der Waals surface area contributed by atoms with Gasteiger partial charge in [0.15, 0.2) is 14.1 Å². The maximum atomic E-state index is 13.7. The van der Waals surface area contributed by atoms with Crippen LogP contribution in [0.5, 0.6) is 0 Å². The second kappa shape index (κ2) is 17.9. The van der Waals surface area contributed by atoms with E-state index in [9.17, 15) is 4.79 Å². The van der Waals surface area contributed by atoms with Crippen molar-refractivity contribution in [3.63, 3.8) is 0 Å². The van der Waals surface area contributed by atoms with Crippen LogP contribution < -0.4 is 0 Å². The SMILES string of the molecule is CC(/C=C/CO[C@@]1(C(=O)CC(COCc2ccccc2)COCc2ccccc2)CCCO1)=C\CCO[Si](C)(C)C(C)(C)C. The van der Waals surface area contributed by atoms with Gasteiger partial charge in [0.25, 0.3) is 0 Å². The van der Waals surface area contributed by atoms with Gasteiger partial charge in [-0.15, -0.1) is 0 Å². The topological polar surface area (TPSA) is 63.2 Å². The average molecular weight is 623 g/mol. The fourth-order valence-corrected chi connectivity index (χ4v) is 5.81. The van der Waals surface area contributed by atoms with Gasteiger partial charge >= 0.3 is 0 Å². The summed E-state index contributed by atoms with van der Waals surface area (Å²) in [5.41, 5.74) is 3.34. The molecule has 44 heavy (non-hydrogen) atoms. The number of ether oxygens (including phenoxy) is 4. The third-order valence-electron chi connectivity index (χ3n) is 8.46. The molecule has 1 saturated heterocycles. The minimum atomic E-state index is -1.73. The Balaban J connectivity index is 1.52. The van der Waals surface area contributed by atoms with E-state index in [1.165, 1.54) is 0 Å². The normalized spacial score (nSPS) is 18.0. The molecule has 2 aromatic carbocycles. The van der Waals surface area contributed by atoms with Crippen molar-refractivity contribution in [1.82, 2.24) is 0 Å². The Morgan fingerprint density at radius 2 is 1.57 bits per heavy atom. The second-order valence-electron chi connectivity index (χ2n) is 13.3. The Kier molecular flexibility index (Phi) is 14.7. The molecule has 0 aromatic heterocycles. The first-order chi connectivity index (χ1) is 21.0. The molecule has 7 heteroatoms. The molecule has 242 valence electrons. The highest BCUT2D eigenvalue weighted by Gasteiger charge is 2.44. The molecule has 1 atom stereocenters. The molecular formula is C37H54O6Si. The van der Waals surface area contributed by atoms with Crippen LogP contribution in [0.3, 0.4) is 0 Å². The van der Waals surface area contributed by atoms with Crippen molar-refractivity contribution in [1.29, 1.82) is 0 Å². The second-order valence-corrected chi connectivity index (χ2v) is 18.1. The van der Waals surface area contributed by atoms with Crippen molar-refractivity contribution < 1.29 is 28.2 Å². The summed E-state index contributed by atoms with van der Waals surface area (Å²) >= 11 is 0. The van der Waals surface area contributed by atoms with Crippen LogP contribution in [0.2, 0.25) is 18.1 Å². The Labute approximate surface area is 266 Å². The Morgan fingerprint density at radius 1 is 0.977 bits per heavy atom. The first-order valence-electron chi connectivity index (χ1n) is 16.0. The Bertz CT molecular complexity index is 1120. The van der Waals surface area contributed by atoms with Crippen LogP contribution >= 0.6 is 0 Å². The van der Waals surface area contributed by atoms with Crippen LogP contribution in [0.15, 0.2) is 84.5 Å². The summed E-state index contributed by atoms with van der Waals surface area (Å²) in [4.78, 5) is 13.7. The molecular weight excluding hydrogens is 568 g/mol. The van der Waals surface area contributed by atoms with Crippen LogP contribution in [0.4, 0.5) is 0 Å². The number of ketones is 1.